The first-order chi connectivity index (χ1) is 11.4. The van der Waals surface area contributed by atoms with Gasteiger partial charge in [-0.25, -0.2) is 9.78 Å². The van der Waals surface area contributed by atoms with E-state index in [2.05, 4.69) is 10.3 Å². The Labute approximate surface area is 139 Å². The quantitative estimate of drug-likeness (QED) is 0.382. The Morgan fingerprint density at radius 2 is 2.12 bits per heavy atom. The average Bonchev–Trinajstić information content (AvgIpc) is 2.54. The summed E-state index contributed by atoms with van der Waals surface area (Å²) < 4.78 is 18.0. The number of ether oxygens (including phenoxy) is 1. The second-order valence-corrected chi connectivity index (χ2v) is 4.75. The monoisotopic (exact) mass is 353 g/mol. The molecule has 0 unspecified atom stereocenters. The minimum atomic E-state index is -1.03. The molecule has 0 fully saturated rings. The van der Waals surface area contributed by atoms with Crippen molar-refractivity contribution < 1.29 is 23.6 Å². The van der Waals surface area contributed by atoms with Crippen LogP contribution in [0.2, 0.25) is 5.15 Å². The fourth-order valence-electron chi connectivity index (χ4n) is 1.67. The van der Waals surface area contributed by atoms with E-state index in [1.807, 2.05) is 0 Å². The summed E-state index contributed by atoms with van der Waals surface area (Å²) >= 11 is 5.71. The van der Waals surface area contributed by atoms with Crippen molar-refractivity contribution in [2.24, 2.45) is 0 Å². The highest BCUT2D eigenvalue weighted by atomic mass is 35.5. The SMILES string of the molecule is O=C(COC(=O)c1cccnc1Cl)Nc1ccc(F)c([N+](=O)[O-])c1. The van der Waals surface area contributed by atoms with Gasteiger partial charge in [-0.1, -0.05) is 11.6 Å². The number of esters is 1. The number of hydrogen-bond donors (Lipinski definition) is 1. The molecule has 0 bridgehead atoms. The summed E-state index contributed by atoms with van der Waals surface area (Å²) in [5.74, 6) is -2.65. The summed E-state index contributed by atoms with van der Waals surface area (Å²) in [5.41, 5.74) is -0.806. The lowest BCUT2D eigenvalue weighted by molar-refractivity contribution is -0.387. The van der Waals surface area contributed by atoms with Crippen LogP contribution in [0, 0.1) is 15.9 Å². The van der Waals surface area contributed by atoms with Gasteiger partial charge in [-0.15, -0.1) is 0 Å². The lowest BCUT2D eigenvalue weighted by Gasteiger charge is -2.07. The molecule has 0 radical (unpaired) electrons. The molecule has 10 heteroatoms. The van der Waals surface area contributed by atoms with E-state index in [1.54, 1.807) is 0 Å². The van der Waals surface area contributed by atoms with Gasteiger partial charge in [0.15, 0.2) is 6.61 Å². The van der Waals surface area contributed by atoms with Crippen molar-refractivity contribution in [2.45, 2.75) is 0 Å². The number of rotatable bonds is 5. The van der Waals surface area contributed by atoms with Crippen molar-refractivity contribution in [3.63, 3.8) is 0 Å². The molecule has 1 N–H and O–H groups in total. The number of pyridine rings is 1. The maximum atomic E-state index is 13.2. The number of nitro groups is 1. The van der Waals surface area contributed by atoms with E-state index in [4.69, 9.17) is 16.3 Å². The molecule has 1 amide bonds. The van der Waals surface area contributed by atoms with Crippen LogP contribution in [0.3, 0.4) is 0 Å². The maximum absolute atomic E-state index is 13.2. The standard InChI is InChI=1S/C14H9ClFN3O5/c15-13-9(2-1-5-17-13)14(21)24-7-12(20)18-8-3-4-10(16)11(6-8)19(22)23/h1-6H,7H2,(H,18,20). The van der Waals surface area contributed by atoms with Crippen LogP contribution in [0.15, 0.2) is 36.5 Å². The number of anilines is 1. The Bertz CT molecular complexity index is 815. The van der Waals surface area contributed by atoms with Crippen molar-refractivity contribution in [1.82, 2.24) is 4.98 Å². The summed E-state index contributed by atoms with van der Waals surface area (Å²) in [6, 6.07) is 5.68. The first-order valence-corrected chi connectivity index (χ1v) is 6.77. The van der Waals surface area contributed by atoms with E-state index in [1.165, 1.54) is 18.3 Å². The van der Waals surface area contributed by atoms with Gasteiger partial charge in [0.25, 0.3) is 5.91 Å². The molecule has 0 saturated carbocycles. The number of halogens is 2. The zero-order valence-electron chi connectivity index (χ0n) is 11.9. The Kier molecular flexibility index (Phi) is 5.38. The Hall–Kier alpha value is -3.07. The summed E-state index contributed by atoms with van der Waals surface area (Å²) in [4.78, 5) is 36.8. The lowest BCUT2D eigenvalue weighted by atomic mass is 10.2. The summed E-state index contributed by atoms with van der Waals surface area (Å²) in [7, 11) is 0. The molecule has 1 heterocycles. The van der Waals surface area contributed by atoms with Crippen molar-refractivity contribution in [1.29, 1.82) is 0 Å². The smallest absolute Gasteiger partial charge is 0.341 e. The second-order valence-electron chi connectivity index (χ2n) is 4.39. The number of benzene rings is 1. The van der Waals surface area contributed by atoms with E-state index in [9.17, 15) is 24.1 Å². The van der Waals surface area contributed by atoms with Crippen molar-refractivity contribution in [3.05, 3.63) is 63.2 Å². The highest BCUT2D eigenvalue weighted by molar-refractivity contribution is 6.32. The molecule has 0 atom stereocenters. The first-order valence-electron chi connectivity index (χ1n) is 6.40. The van der Waals surface area contributed by atoms with Gasteiger partial charge in [0.1, 0.15) is 5.15 Å². The van der Waals surface area contributed by atoms with Crippen LogP contribution >= 0.6 is 11.6 Å². The number of carbonyl (C=O) groups excluding carboxylic acids is 2. The third-order valence-corrected chi connectivity index (χ3v) is 3.04. The second kappa shape index (κ2) is 7.47. The Balaban J connectivity index is 1.97. The molecular formula is C14H9ClFN3O5. The van der Waals surface area contributed by atoms with Crippen LogP contribution < -0.4 is 5.32 Å². The van der Waals surface area contributed by atoms with Crippen LogP contribution in [0.4, 0.5) is 15.8 Å². The maximum Gasteiger partial charge on any atom is 0.341 e. The molecule has 2 aromatic rings. The molecule has 1 aromatic carbocycles. The predicted molar refractivity (Wildman–Crippen MR) is 81.2 cm³/mol. The van der Waals surface area contributed by atoms with Gasteiger partial charge >= 0.3 is 11.7 Å². The van der Waals surface area contributed by atoms with E-state index in [0.717, 1.165) is 18.2 Å². The zero-order chi connectivity index (χ0) is 17.7. The van der Waals surface area contributed by atoms with Crippen LogP contribution in [0.25, 0.3) is 0 Å². The summed E-state index contributed by atoms with van der Waals surface area (Å²) in [6.07, 6.45) is 1.38. The van der Waals surface area contributed by atoms with Gasteiger partial charge in [-0.05, 0) is 24.3 Å². The number of nitro benzene ring substituents is 1. The number of nitrogens with zero attached hydrogens (tertiary/aromatic N) is 2. The minimum Gasteiger partial charge on any atom is -0.452 e. The molecule has 0 aliphatic rings. The number of nitrogens with one attached hydrogen (secondary N) is 1. The van der Waals surface area contributed by atoms with Crippen molar-refractivity contribution >= 4 is 34.9 Å². The third-order valence-electron chi connectivity index (χ3n) is 2.74. The van der Waals surface area contributed by atoms with Gasteiger partial charge in [0, 0.05) is 18.0 Å². The van der Waals surface area contributed by atoms with Crippen LogP contribution in [0.5, 0.6) is 0 Å². The molecule has 124 valence electrons. The number of amides is 1. The molecule has 2 rings (SSSR count). The van der Waals surface area contributed by atoms with Gasteiger partial charge in [-0.2, -0.15) is 4.39 Å². The molecule has 0 spiro atoms. The van der Waals surface area contributed by atoms with Crippen molar-refractivity contribution in [2.75, 3.05) is 11.9 Å². The van der Waals surface area contributed by atoms with Crippen molar-refractivity contribution in [3.8, 4) is 0 Å². The number of hydrogen-bond acceptors (Lipinski definition) is 6. The van der Waals surface area contributed by atoms with Gasteiger partial charge in [0.05, 0.1) is 10.5 Å². The molecule has 0 aliphatic carbocycles. The first kappa shape index (κ1) is 17.3. The van der Waals surface area contributed by atoms with Gasteiger partial charge in [0.2, 0.25) is 5.82 Å². The highest BCUT2D eigenvalue weighted by Gasteiger charge is 2.17. The third kappa shape index (κ3) is 4.23. The topological polar surface area (TPSA) is 111 Å². The normalized spacial score (nSPS) is 10.1. The van der Waals surface area contributed by atoms with Crippen LogP contribution in [-0.4, -0.2) is 28.4 Å². The van der Waals surface area contributed by atoms with E-state index >= 15 is 0 Å². The summed E-state index contributed by atoms with van der Waals surface area (Å²) in [6.45, 7) is -0.658. The van der Waals surface area contributed by atoms with E-state index in [-0.39, 0.29) is 16.4 Å². The van der Waals surface area contributed by atoms with E-state index in [0.29, 0.717) is 0 Å². The fraction of sp³-hybridized carbons (Fsp3) is 0.0714. The Morgan fingerprint density at radius 1 is 1.38 bits per heavy atom. The summed E-state index contributed by atoms with van der Waals surface area (Å²) in [5, 5.41) is 12.8. The molecule has 0 saturated heterocycles. The predicted octanol–water partition coefficient (Wildman–Crippen LogP) is 2.58. The largest absolute Gasteiger partial charge is 0.452 e. The fourth-order valence-corrected chi connectivity index (χ4v) is 1.87. The molecule has 8 nitrogen and oxygen atoms in total. The molecule has 1 aromatic heterocycles. The minimum absolute atomic E-state index is 0.00983. The number of carbonyl (C=O) groups is 2. The van der Waals surface area contributed by atoms with Crippen LogP contribution in [-0.2, 0) is 9.53 Å². The average molecular weight is 354 g/mol. The molecular weight excluding hydrogens is 345 g/mol. The molecule has 0 aliphatic heterocycles. The lowest BCUT2D eigenvalue weighted by Crippen LogP contribution is -2.21. The zero-order valence-corrected chi connectivity index (χ0v) is 12.6. The highest BCUT2D eigenvalue weighted by Crippen LogP contribution is 2.21. The van der Waals surface area contributed by atoms with E-state index < -0.39 is 34.9 Å². The van der Waals surface area contributed by atoms with Crippen LogP contribution in [0.1, 0.15) is 10.4 Å². The number of aromatic nitrogens is 1. The molecule has 24 heavy (non-hydrogen) atoms. The Morgan fingerprint density at radius 3 is 2.79 bits per heavy atom. The van der Waals surface area contributed by atoms with Gasteiger partial charge in [-0.3, -0.25) is 14.9 Å². The van der Waals surface area contributed by atoms with Gasteiger partial charge < -0.3 is 10.1 Å².